The molecule has 1 saturated heterocycles. The maximum atomic E-state index is 13.7. The van der Waals surface area contributed by atoms with Crippen LogP contribution in [0.1, 0.15) is 11.6 Å². The number of nitrogens with zero attached hydrogens (tertiary/aromatic N) is 1. The summed E-state index contributed by atoms with van der Waals surface area (Å²) in [6.45, 7) is 1.72. The molecule has 0 saturated carbocycles. The van der Waals surface area contributed by atoms with Gasteiger partial charge in [-0.3, -0.25) is 4.90 Å². The Morgan fingerprint density at radius 2 is 1.77 bits per heavy atom. The Morgan fingerprint density at radius 1 is 1.14 bits per heavy atom. The molecule has 2 rings (SSSR count). The van der Waals surface area contributed by atoms with Gasteiger partial charge in [0.25, 0.3) is 6.43 Å². The Morgan fingerprint density at radius 3 is 2.27 bits per heavy atom. The van der Waals surface area contributed by atoms with E-state index in [4.69, 9.17) is 0 Å². The first-order chi connectivity index (χ1) is 10.3. The van der Waals surface area contributed by atoms with Gasteiger partial charge in [0.2, 0.25) is 0 Å². The highest BCUT2D eigenvalue weighted by Crippen LogP contribution is 2.32. The molecule has 0 aliphatic carbocycles. The molecule has 1 aliphatic heterocycles. The molecule has 9 heteroatoms. The molecule has 0 amide bonds. The molecular weight excluding hydrogens is 314 g/mol. The molecule has 3 nitrogen and oxygen atoms in total. The fraction of sp³-hybridized carbons (Fsp3) is 0.538. The van der Waals surface area contributed by atoms with Crippen molar-refractivity contribution >= 4 is 0 Å². The molecule has 1 aromatic rings. The maximum Gasteiger partial charge on any atom is 0.573 e. The molecule has 124 valence electrons. The summed E-state index contributed by atoms with van der Waals surface area (Å²) in [7, 11) is 0. The Labute approximate surface area is 122 Å². The molecule has 1 heterocycles. The van der Waals surface area contributed by atoms with Crippen molar-refractivity contribution in [1.29, 1.82) is 0 Å². The zero-order valence-electron chi connectivity index (χ0n) is 11.3. The smallest absolute Gasteiger partial charge is 0.403 e. The first-order valence-electron chi connectivity index (χ1n) is 6.56. The van der Waals surface area contributed by atoms with Crippen molar-refractivity contribution in [1.82, 2.24) is 10.2 Å². The first kappa shape index (κ1) is 16.9. The number of hydrogen-bond acceptors (Lipinski definition) is 3. The van der Waals surface area contributed by atoms with Crippen LogP contribution in [0.3, 0.4) is 0 Å². The Kier molecular flexibility index (Phi) is 5.17. The number of rotatable bonds is 4. The van der Waals surface area contributed by atoms with Gasteiger partial charge in [-0.25, -0.2) is 13.2 Å². The fourth-order valence-corrected chi connectivity index (χ4v) is 2.38. The summed E-state index contributed by atoms with van der Waals surface area (Å²) in [5, 5.41) is 3.00. The minimum atomic E-state index is -5.04. The van der Waals surface area contributed by atoms with Gasteiger partial charge in [0.1, 0.15) is 0 Å². The van der Waals surface area contributed by atoms with Gasteiger partial charge in [0, 0.05) is 26.2 Å². The largest absolute Gasteiger partial charge is 0.573 e. The summed E-state index contributed by atoms with van der Waals surface area (Å²) in [6.07, 6.45) is -7.82. The third kappa shape index (κ3) is 4.26. The lowest BCUT2D eigenvalue weighted by molar-refractivity contribution is -0.275. The number of ether oxygens (including phenoxy) is 1. The van der Waals surface area contributed by atoms with Gasteiger partial charge in [0.05, 0.1) is 6.04 Å². The highest BCUT2D eigenvalue weighted by Gasteiger charge is 2.34. The predicted octanol–water partition coefficient (Wildman–Crippen LogP) is 2.94. The molecule has 0 radical (unpaired) electrons. The average Bonchev–Trinajstić information content (AvgIpc) is 2.41. The van der Waals surface area contributed by atoms with Crippen LogP contribution in [-0.2, 0) is 0 Å². The molecule has 22 heavy (non-hydrogen) atoms. The number of nitrogens with one attached hydrogen (secondary N) is 1. The molecule has 0 spiro atoms. The van der Waals surface area contributed by atoms with E-state index < -0.39 is 30.4 Å². The lowest BCUT2D eigenvalue weighted by Crippen LogP contribution is -2.46. The van der Waals surface area contributed by atoms with Gasteiger partial charge in [0.15, 0.2) is 11.6 Å². The van der Waals surface area contributed by atoms with Crippen molar-refractivity contribution in [2.45, 2.75) is 18.8 Å². The topological polar surface area (TPSA) is 24.5 Å². The Hall–Kier alpha value is -1.48. The minimum Gasteiger partial charge on any atom is -0.403 e. The van der Waals surface area contributed by atoms with Crippen LogP contribution < -0.4 is 10.1 Å². The van der Waals surface area contributed by atoms with E-state index in [-0.39, 0.29) is 5.56 Å². The number of piperazine rings is 1. The SMILES string of the molecule is Fc1cc([C@@H](C(F)F)N2CCNCC2)ccc1OC(F)(F)F. The highest BCUT2D eigenvalue weighted by atomic mass is 19.4. The molecule has 1 N–H and O–H groups in total. The molecular formula is C13H14F6N2O. The summed E-state index contributed by atoms with van der Waals surface area (Å²) >= 11 is 0. The Balaban J connectivity index is 2.23. The van der Waals surface area contributed by atoms with E-state index in [1.165, 1.54) is 4.90 Å². The van der Waals surface area contributed by atoms with Crippen molar-refractivity contribution in [2.75, 3.05) is 26.2 Å². The molecule has 1 aromatic carbocycles. The van der Waals surface area contributed by atoms with E-state index in [0.29, 0.717) is 32.2 Å². The van der Waals surface area contributed by atoms with Crippen LogP contribution in [-0.4, -0.2) is 43.9 Å². The number of alkyl halides is 5. The normalized spacial score (nSPS) is 18.5. The van der Waals surface area contributed by atoms with Crippen LogP contribution in [0.4, 0.5) is 26.3 Å². The second-order valence-corrected chi connectivity index (χ2v) is 4.80. The van der Waals surface area contributed by atoms with Crippen molar-refractivity contribution in [3.8, 4) is 5.75 Å². The van der Waals surface area contributed by atoms with E-state index >= 15 is 0 Å². The third-order valence-corrected chi connectivity index (χ3v) is 3.31. The van der Waals surface area contributed by atoms with Gasteiger partial charge in [-0.15, -0.1) is 13.2 Å². The molecule has 1 fully saturated rings. The summed E-state index contributed by atoms with van der Waals surface area (Å²) in [5.74, 6) is -2.36. The quantitative estimate of drug-likeness (QED) is 0.860. The monoisotopic (exact) mass is 328 g/mol. The van der Waals surface area contributed by atoms with Gasteiger partial charge in [-0.2, -0.15) is 0 Å². The van der Waals surface area contributed by atoms with Crippen molar-refractivity contribution in [3.63, 3.8) is 0 Å². The summed E-state index contributed by atoms with van der Waals surface area (Å²) in [4.78, 5) is 1.47. The van der Waals surface area contributed by atoms with Crippen molar-refractivity contribution in [2.24, 2.45) is 0 Å². The van der Waals surface area contributed by atoms with Crippen LogP contribution in [0.2, 0.25) is 0 Å². The van der Waals surface area contributed by atoms with Gasteiger partial charge in [-0.05, 0) is 17.7 Å². The lowest BCUT2D eigenvalue weighted by Gasteiger charge is -2.34. The van der Waals surface area contributed by atoms with Gasteiger partial charge >= 0.3 is 6.36 Å². The number of halogens is 6. The standard InChI is InChI=1S/C13H14F6N2O/c14-9-7-8(1-2-10(9)22-13(17,18)19)11(12(15)16)21-5-3-20-4-6-21/h1-2,7,11-12,20H,3-6H2/t11-/m0/s1. The molecule has 1 aliphatic rings. The number of benzene rings is 1. The van der Waals surface area contributed by atoms with Crippen LogP contribution in [0.5, 0.6) is 5.75 Å². The number of hydrogen-bond donors (Lipinski definition) is 1. The predicted molar refractivity (Wildman–Crippen MR) is 66.3 cm³/mol. The van der Waals surface area contributed by atoms with Crippen molar-refractivity contribution in [3.05, 3.63) is 29.6 Å². The van der Waals surface area contributed by atoms with Crippen LogP contribution in [0.15, 0.2) is 18.2 Å². The second-order valence-electron chi connectivity index (χ2n) is 4.80. The summed E-state index contributed by atoms with van der Waals surface area (Å²) < 4.78 is 79.9. The van der Waals surface area contributed by atoms with E-state index in [2.05, 4.69) is 10.1 Å². The van der Waals surface area contributed by atoms with Crippen molar-refractivity contribution < 1.29 is 31.1 Å². The summed E-state index contributed by atoms with van der Waals surface area (Å²) in [6, 6.07) is 1.05. The first-order valence-corrected chi connectivity index (χ1v) is 6.56. The van der Waals surface area contributed by atoms with E-state index in [0.717, 1.165) is 12.1 Å². The Bertz CT molecular complexity index is 502. The van der Waals surface area contributed by atoms with E-state index in [1.54, 1.807) is 0 Å². The molecule has 1 atom stereocenters. The second kappa shape index (κ2) is 6.74. The highest BCUT2D eigenvalue weighted by molar-refractivity contribution is 5.31. The lowest BCUT2D eigenvalue weighted by atomic mass is 10.0. The molecule has 0 unspecified atom stereocenters. The average molecular weight is 328 g/mol. The minimum absolute atomic E-state index is 0.0797. The zero-order chi connectivity index (χ0) is 16.3. The third-order valence-electron chi connectivity index (χ3n) is 3.31. The maximum absolute atomic E-state index is 13.7. The van der Waals surface area contributed by atoms with Gasteiger partial charge < -0.3 is 10.1 Å². The van der Waals surface area contributed by atoms with Crippen LogP contribution >= 0.6 is 0 Å². The fourth-order valence-electron chi connectivity index (χ4n) is 2.38. The van der Waals surface area contributed by atoms with Crippen LogP contribution in [0, 0.1) is 5.82 Å². The molecule has 0 bridgehead atoms. The van der Waals surface area contributed by atoms with E-state index in [1.807, 2.05) is 0 Å². The van der Waals surface area contributed by atoms with Crippen LogP contribution in [0.25, 0.3) is 0 Å². The molecule has 0 aromatic heterocycles. The summed E-state index contributed by atoms with van der Waals surface area (Å²) in [5.41, 5.74) is -0.0797. The van der Waals surface area contributed by atoms with E-state index in [9.17, 15) is 26.3 Å². The zero-order valence-corrected chi connectivity index (χ0v) is 11.3. The van der Waals surface area contributed by atoms with Gasteiger partial charge in [-0.1, -0.05) is 6.07 Å².